The van der Waals surface area contributed by atoms with Gasteiger partial charge in [-0.3, -0.25) is 0 Å². The van der Waals surface area contributed by atoms with Gasteiger partial charge in [-0.05, 0) is 33.8 Å². The third-order valence-electron chi connectivity index (χ3n) is 2.35. The number of hydrogen-bond donors (Lipinski definition) is 0. The lowest BCUT2D eigenvalue weighted by atomic mass is 10.1. The van der Waals surface area contributed by atoms with Crippen molar-refractivity contribution in [3.05, 3.63) is 35.9 Å². The minimum Gasteiger partial charge on any atom is -0.308 e. The Morgan fingerprint density at radius 1 is 1.00 bits per heavy atom. The second-order valence-corrected chi connectivity index (χ2v) is 4.15. The highest BCUT2D eigenvalue weighted by Gasteiger charge is 2.13. The van der Waals surface area contributed by atoms with E-state index >= 15 is 0 Å². The van der Waals surface area contributed by atoms with Crippen molar-refractivity contribution >= 4 is 0 Å². The van der Waals surface area contributed by atoms with Crippen LogP contribution in [0.3, 0.4) is 0 Å². The molecule has 0 saturated carbocycles. The summed E-state index contributed by atoms with van der Waals surface area (Å²) >= 11 is 0. The van der Waals surface area contributed by atoms with E-state index < -0.39 is 0 Å². The minimum absolute atomic E-state index is 0.478. The zero-order valence-electron chi connectivity index (χ0n) is 9.57. The number of benzene rings is 1. The molecule has 0 spiro atoms. The van der Waals surface area contributed by atoms with Crippen molar-refractivity contribution in [2.45, 2.75) is 6.04 Å². The summed E-state index contributed by atoms with van der Waals surface area (Å²) in [5, 5.41) is 0. The van der Waals surface area contributed by atoms with Gasteiger partial charge in [0.15, 0.2) is 0 Å². The second kappa shape index (κ2) is 5.13. The molecule has 0 bridgehead atoms. The standard InChI is InChI=1S/C12H20N2/c1-13(2)10-12(14(3)4)11-8-6-5-7-9-11/h5-9,12H,10H2,1-4H3/t12-/m0/s1. The van der Waals surface area contributed by atoms with Crippen LogP contribution in [0.15, 0.2) is 30.3 Å². The van der Waals surface area contributed by atoms with Crippen LogP contribution in [-0.2, 0) is 0 Å². The molecule has 0 heterocycles. The van der Waals surface area contributed by atoms with Gasteiger partial charge in [0.05, 0.1) is 0 Å². The van der Waals surface area contributed by atoms with E-state index in [1.165, 1.54) is 5.56 Å². The van der Waals surface area contributed by atoms with Gasteiger partial charge in [0.1, 0.15) is 0 Å². The molecule has 1 atom stereocenters. The first-order valence-corrected chi connectivity index (χ1v) is 4.97. The first kappa shape index (κ1) is 11.2. The van der Waals surface area contributed by atoms with Gasteiger partial charge in [-0.1, -0.05) is 30.3 Å². The summed E-state index contributed by atoms with van der Waals surface area (Å²) in [5.41, 5.74) is 1.38. The molecular formula is C12H20N2. The van der Waals surface area contributed by atoms with Gasteiger partial charge in [0.25, 0.3) is 0 Å². The largest absolute Gasteiger partial charge is 0.308 e. The maximum Gasteiger partial charge on any atom is 0.0469 e. The SMILES string of the molecule is CN(C)C[C@@H](c1ccccc1)N(C)C. The van der Waals surface area contributed by atoms with E-state index in [0.717, 1.165) is 6.54 Å². The molecule has 1 rings (SSSR count). The van der Waals surface area contributed by atoms with Gasteiger partial charge in [-0.2, -0.15) is 0 Å². The van der Waals surface area contributed by atoms with E-state index in [1.807, 2.05) is 0 Å². The van der Waals surface area contributed by atoms with E-state index in [2.05, 4.69) is 68.3 Å². The Kier molecular flexibility index (Phi) is 4.11. The molecule has 78 valence electrons. The summed E-state index contributed by atoms with van der Waals surface area (Å²) in [6, 6.07) is 11.1. The summed E-state index contributed by atoms with van der Waals surface area (Å²) in [5.74, 6) is 0. The first-order chi connectivity index (χ1) is 6.61. The Morgan fingerprint density at radius 3 is 2.00 bits per heavy atom. The Balaban J connectivity index is 2.78. The van der Waals surface area contributed by atoms with E-state index in [4.69, 9.17) is 0 Å². The van der Waals surface area contributed by atoms with Crippen LogP contribution in [0.2, 0.25) is 0 Å². The summed E-state index contributed by atoms with van der Waals surface area (Å²) in [6.45, 7) is 1.05. The van der Waals surface area contributed by atoms with Gasteiger partial charge in [-0.25, -0.2) is 0 Å². The molecule has 1 aromatic rings. The van der Waals surface area contributed by atoms with E-state index in [1.54, 1.807) is 0 Å². The lowest BCUT2D eigenvalue weighted by Gasteiger charge is -2.27. The zero-order valence-corrected chi connectivity index (χ0v) is 9.57. The summed E-state index contributed by atoms with van der Waals surface area (Å²) in [6.07, 6.45) is 0. The summed E-state index contributed by atoms with van der Waals surface area (Å²) in [4.78, 5) is 4.48. The zero-order chi connectivity index (χ0) is 10.6. The van der Waals surface area contributed by atoms with Crippen molar-refractivity contribution in [1.82, 2.24) is 9.80 Å². The van der Waals surface area contributed by atoms with Crippen LogP contribution >= 0.6 is 0 Å². The van der Waals surface area contributed by atoms with Crippen LogP contribution in [0, 0.1) is 0 Å². The molecule has 0 amide bonds. The molecule has 0 aliphatic carbocycles. The third kappa shape index (κ3) is 3.13. The van der Waals surface area contributed by atoms with Crippen molar-refractivity contribution < 1.29 is 0 Å². The molecule has 0 unspecified atom stereocenters. The molecule has 0 N–H and O–H groups in total. The molecule has 0 aliphatic rings. The lowest BCUT2D eigenvalue weighted by molar-refractivity contribution is 0.231. The third-order valence-corrected chi connectivity index (χ3v) is 2.35. The smallest absolute Gasteiger partial charge is 0.0469 e. The quantitative estimate of drug-likeness (QED) is 0.718. The topological polar surface area (TPSA) is 6.48 Å². The fraction of sp³-hybridized carbons (Fsp3) is 0.500. The number of likely N-dealkylation sites (N-methyl/N-ethyl adjacent to an activating group) is 2. The molecular weight excluding hydrogens is 172 g/mol. The van der Waals surface area contributed by atoms with Crippen LogP contribution in [0.4, 0.5) is 0 Å². The molecule has 0 fully saturated rings. The highest BCUT2D eigenvalue weighted by atomic mass is 15.2. The predicted molar refractivity (Wildman–Crippen MR) is 61.4 cm³/mol. The molecule has 2 heteroatoms. The predicted octanol–water partition coefficient (Wildman–Crippen LogP) is 1.85. The van der Waals surface area contributed by atoms with Crippen LogP contribution in [0.25, 0.3) is 0 Å². The van der Waals surface area contributed by atoms with Gasteiger partial charge in [0.2, 0.25) is 0 Å². The number of hydrogen-bond acceptors (Lipinski definition) is 2. The Morgan fingerprint density at radius 2 is 1.57 bits per heavy atom. The molecule has 14 heavy (non-hydrogen) atoms. The molecule has 0 aliphatic heterocycles. The minimum atomic E-state index is 0.478. The lowest BCUT2D eigenvalue weighted by Crippen LogP contribution is -2.30. The monoisotopic (exact) mass is 192 g/mol. The fourth-order valence-electron chi connectivity index (χ4n) is 1.59. The fourth-order valence-corrected chi connectivity index (χ4v) is 1.59. The van der Waals surface area contributed by atoms with Crippen molar-refractivity contribution in [1.29, 1.82) is 0 Å². The van der Waals surface area contributed by atoms with Crippen molar-refractivity contribution in [3.8, 4) is 0 Å². The first-order valence-electron chi connectivity index (χ1n) is 4.97. The van der Waals surface area contributed by atoms with Crippen LogP contribution < -0.4 is 0 Å². The van der Waals surface area contributed by atoms with E-state index in [0.29, 0.717) is 6.04 Å². The molecule has 1 aromatic carbocycles. The van der Waals surface area contributed by atoms with Gasteiger partial charge in [0, 0.05) is 12.6 Å². The number of nitrogens with zero attached hydrogens (tertiary/aromatic N) is 2. The van der Waals surface area contributed by atoms with Crippen LogP contribution in [-0.4, -0.2) is 44.5 Å². The second-order valence-electron chi connectivity index (χ2n) is 4.15. The van der Waals surface area contributed by atoms with E-state index in [-0.39, 0.29) is 0 Å². The van der Waals surface area contributed by atoms with Gasteiger partial charge < -0.3 is 9.80 Å². The molecule has 0 aromatic heterocycles. The Hall–Kier alpha value is -0.860. The normalized spacial score (nSPS) is 13.6. The van der Waals surface area contributed by atoms with Crippen molar-refractivity contribution in [3.63, 3.8) is 0 Å². The highest BCUT2D eigenvalue weighted by molar-refractivity contribution is 5.19. The average Bonchev–Trinajstić information content (AvgIpc) is 2.15. The van der Waals surface area contributed by atoms with Crippen molar-refractivity contribution in [2.75, 3.05) is 34.7 Å². The Labute approximate surface area is 87.1 Å². The summed E-state index contributed by atoms with van der Waals surface area (Å²) < 4.78 is 0. The maximum atomic E-state index is 2.26. The average molecular weight is 192 g/mol. The number of rotatable bonds is 4. The maximum absolute atomic E-state index is 2.26. The van der Waals surface area contributed by atoms with Gasteiger partial charge in [-0.15, -0.1) is 0 Å². The van der Waals surface area contributed by atoms with E-state index in [9.17, 15) is 0 Å². The molecule has 0 saturated heterocycles. The molecule has 0 radical (unpaired) electrons. The Bertz CT molecular complexity index is 254. The summed E-state index contributed by atoms with van der Waals surface area (Å²) in [7, 11) is 8.47. The molecule has 2 nitrogen and oxygen atoms in total. The highest BCUT2D eigenvalue weighted by Crippen LogP contribution is 2.17. The van der Waals surface area contributed by atoms with Crippen molar-refractivity contribution in [2.24, 2.45) is 0 Å². The van der Waals surface area contributed by atoms with Crippen LogP contribution in [0.1, 0.15) is 11.6 Å². The van der Waals surface area contributed by atoms with Gasteiger partial charge >= 0.3 is 0 Å². The van der Waals surface area contributed by atoms with Crippen LogP contribution in [0.5, 0.6) is 0 Å².